The molecule has 2 heterocycles. The molecule has 0 radical (unpaired) electrons. The second-order valence-electron chi connectivity index (χ2n) is 9.59. The molecule has 4 bridgehead atoms. The molecule has 5 aliphatic carbocycles. The number of fused-ring (bicyclic) bond motifs is 3. The number of aromatic nitrogens is 2. The SMILES string of the molecule is O=C(OCc1nc2sc3c(c2c(=O)[nH]1)CCC3)C12CC3CC(CC(O)(C3)C1)C2. The van der Waals surface area contributed by atoms with Crippen LogP contribution in [0.4, 0.5) is 0 Å². The van der Waals surface area contributed by atoms with Crippen LogP contribution in [0, 0.1) is 17.3 Å². The zero-order chi connectivity index (χ0) is 19.1. The number of carbonyl (C=O) groups is 1. The summed E-state index contributed by atoms with van der Waals surface area (Å²) in [4.78, 5) is 35.0. The number of rotatable bonds is 3. The number of ether oxygens (including phenoxy) is 1. The maximum absolute atomic E-state index is 13.0. The molecule has 0 saturated heterocycles. The van der Waals surface area contributed by atoms with Crippen molar-refractivity contribution in [1.29, 1.82) is 0 Å². The third-order valence-electron chi connectivity index (χ3n) is 7.43. The van der Waals surface area contributed by atoms with E-state index in [4.69, 9.17) is 4.74 Å². The van der Waals surface area contributed by atoms with Crippen LogP contribution in [0.3, 0.4) is 0 Å². The van der Waals surface area contributed by atoms with E-state index in [9.17, 15) is 14.7 Å². The lowest BCUT2D eigenvalue weighted by Gasteiger charge is -2.58. The van der Waals surface area contributed by atoms with Gasteiger partial charge < -0.3 is 14.8 Å². The maximum Gasteiger partial charge on any atom is 0.312 e. The molecule has 2 N–H and O–H groups in total. The Balaban J connectivity index is 1.24. The quantitative estimate of drug-likeness (QED) is 0.773. The molecule has 7 rings (SSSR count). The lowest BCUT2D eigenvalue weighted by molar-refractivity contribution is -0.197. The van der Waals surface area contributed by atoms with E-state index < -0.39 is 11.0 Å². The first-order valence-electron chi connectivity index (χ1n) is 10.4. The van der Waals surface area contributed by atoms with Gasteiger partial charge in [-0.05, 0) is 75.2 Å². The van der Waals surface area contributed by atoms with Crippen molar-refractivity contribution in [2.75, 3.05) is 0 Å². The van der Waals surface area contributed by atoms with Gasteiger partial charge in [-0.25, -0.2) is 4.98 Å². The van der Waals surface area contributed by atoms with Crippen molar-refractivity contribution in [1.82, 2.24) is 9.97 Å². The van der Waals surface area contributed by atoms with Crippen LogP contribution < -0.4 is 5.56 Å². The average molecular weight is 401 g/mol. The van der Waals surface area contributed by atoms with Crippen LogP contribution in [0.2, 0.25) is 0 Å². The maximum atomic E-state index is 13.0. The van der Waals surface area contributed by atoms with Crippen LogP contribution in [-0.2, 0) is 29.0 Å². The zero-order valence-electron chi connectivity index (χ0n) is 15.8. The number of aryl methyl sites for hydroxylation is 2. The summed E-state index contributed by atoms with van der Waals surface area (Å²) in [5.74, 6) is 1.05. The topological polar surface area (TPSA) is 92.3 Å². The summed E-state index contributed by atoms with van der Waals surface area (Å²) in [6.45, 7) is -0.0118. The average Bonchev–Trinajstić information content (AvgIpc) is 3.18. The Kier molecular flexibility index (Phi) is 3.47. The Morgan fingerprint density at radius 3 is 2.79 bits per heavy atom. The summed E-state index contributed by atoms with van der Waals surface area (Å²) in [5, 5.41) is 11.6. The summed E-state index contributed by atoms with van der Waals surface area (Å²) in [7, 11) is 0. The molecule has 0 aliphatic heterocycles. The molecule has 5 aliphatic rings. The number of hydrogen-bond donors (Lipinski definition) is 2. The number of nitrogens with one attached hydrogen (secondary N) is 1. The van der Waals surface area contributed by atoms with Crippen LogP contribution in [0.15, 0.2) is 4.79 Å². The molecule has 0 amide bonds. The van der Waals surface area contributed by atoms with Crippen molar-refractivity contribution in [3.05, 3.63) is 26.6 Å². The Morgan fingerprint density at radius 1 is 1.25 bits per heavy atom. The van der Waals surface area contributed by atoms with Crippen LogP contribution in [-0.4, -0.2) is 26.6 Å². The third-order valence-corrected chi connectivity index (χ3v) is 8.61. The molecule has 28 heavy (non-hydrogen) atoms. The van der Waals surface area contributed by atoms with E-state index in [1.807, 2.05) is 0 Å². The van der Waals surface area contributed by atoms with Crippen LogP contribution >= 0.6 is 11.3 Å². The molecule has 2 aromatic rings. The third kappa shape index (κ3) is 2.45. The van der Waals surface area contributed by atoms with Crippen LogP contribution in [0.5, 0.6) is 0 Å². The Hall–Kier alpha value is -1.73. The highest BCUT2D eigenvalue weighted by atomic mass is 32.1. The molecule has 0 spiro atoms. The molecule has 4 fully saturated rings. The molecule has 0 aromatic carbocycles. The lowest BCUT2D eigenvalue weighted by Crippen LogP contribution is -2.58. The standard InChI is InChI=1S/C21H24N2O4S/c24-17-16-13-2-1-3-14(13)28-18(16)23-15(22-17)9-27-19(25)20-5-11-4-12(6-20)8-21(26,7-11)10-20/h11-12,26H,1-10H2,(H,22,23,24). The first-order valence-corrected chi connectivity index (χ1v) is 11.2. The Morgan fingerprint density at radius 2 is 2.04 bits per heavy atom. The molecule has 2 aromatic heterocycles. The summed E-state index contributed by atoms with van der Waals surface area (Å²) in [6, 6.07) is 0. The van der Waals surface area contributed by atoms with Crippen molar-refractivity contribution in [2.45, 2.75) is 70.0 Å². The molecular formula is C21H24N2O4S. The predicted octanol–water partition coefficient (Wildman–Crippen LogP) is 2.85. The van der Waals surface area contributed by atoms with Gasteiger partial charge >= 0.3 is 5.97 Å². The van der Waals surface area contributed by atoms with Gasteiger partial charge in [0.25, 0.3) is 5.56 Å². The second kappa shape index (κ2) is 5.66. The number of H-pyrrole nitrogens is 1. The first-order chi connectivity index (χ1) is 13.4. The van der Waals surface area contributed by atoms with Gasteiger partial charge in [-0.1, -0.05) is 0 Å². The van der Waals surface area contributed by atoms with E-state index in [1.54, 1.807) is 11.3 Å². The first kappa shape index (κ1) is 17.2. The molecule has 148 valence electrons. The van der Waals surface area contributed by atoms with Gasteiger partial charge in [-0.15, -0.1) is 11.3 Å². The summed E-state index contributed by atoms with van der Waals surface area (Å²) >= 11 is 1.59. The fraction of sp³-hybridized carbons (Fsp3) is 0.667. The molecule has 2 atom stereocenters. The monoisotopic (exact) mass is 400 g/mol. The summed E-state index contributed by atoms with van der Waals surface area (Å²) in [5.41, 5.74) is -0.210. The van der Waals surface area contributed by atoms with Gasteiger partial charge in [0.1, 0.15) is 17.3 Å². The zero-order valence-corrected chi connectivity index (χ0v) is 16.6. The van der Waals surface area contributed by atoms with Gasteiger partial charge in [0.15, 0.2) is 0 Å². The Labute approximate surface area is 166 Å². The number of aliphatic hydroxyl groups is 1. The van der Waals surface area contributed by atoms with Gasteiger partial charge in [0.2, 0.25) is 0 Å². The number of hydrogen-bond acceptors (Lipinski definition) is 6. The second-order valence-corrected chi connectivity index (χ2v) is 10.7. The highest BCUT2D eigenvalue weighted by molar-refractivity contribution is 7.18. The van der Waals surface area contributed by atoms with Crippen LogP contribution in [0.25, 0.3) is 10.2 Å². The minimum Gasteiger partial charge on any atom is -0.457 e. The van der Waals surface area contributed by atoms with E-state index in [0.717, 1.165) is 67.1 Å². The van der Waals surface area contributed by atoms with Crippen molar-refractivity contribution >= 4 is 27.5 Å². The number of nitrogens with zero attached hydrogens (tertiary/aromatic N) is 1. The number of aromatic amines is 1. The molecule has 6 nitrogen and oxygen atoms in total. The molecule has 7 heteroatoms. The van der Waals surface area contributed by atoms with E-state index in [1.165, 1.54) is 4.88 Å². The molecule has 4 saturated carbocycles. The minimum atomic E-state index is -0.688. The van der Waals surface area contributed by atoms with Gasteiger partial charge in [-0.2, -0.15) is 0 Å². The number of thiophene rings is 1. The smallest absolute Gasteiger partial charge is 0.312 e. The summed E-state index contributed by atoms with van der Waals surface area (Å²) in [6.07, 6.45) is 8.03. The van der Waals surface area contributed by atoms with Crippen molar-refractivity contribution in [2.24, 2.45) is 17.3 Å². The predicted molar refractivity (Wildman–Crippen MR) is 104 cm³/mol. The largest absolute Gasteiger partial charge is 0.457 e. The van der Waals surface area contributed by atoms with E-state index in [-0.39, 0.29) is 18.1 Å². The van der Waals surface area contributed by atoms with Gasteiger partial charge in [-0.3, -0.25) is 9.59 Å². The van der Waals surface area contributed by atoms with Crippen molar-refractivity contribution in [3.63, 3.8) is 0 Å². The van der Waals surface area contributed by atoms with Crippen molar-refractivity contribution in [3.8, 4) is 0 Å². The van der Waals surface area contributed by atoms with Gasteiger partial charge in [0.05, 0.1) is 16.4 Å². The lowest BCUT2D eigenvalue weighted by atomic mass is 9.48. The fourth-order valence-electron chi connectivity index (χ4n) is 6.86. The van der Waals surface area contributed by atoms with Crippen LogP contribution in [0.1, 0.15) is 61.2 Å². The number of carbonyl (C=O) groups excluding carboxylic acids is 1. The highest BCUT2D eigenvalue weighted by Gasteiger charge is 2.60. The van der Waals surface area contributed by atoms with Crippen molar-refractivity contribution < 1.29 is 14.6 Å². The normalized spacial score (nSPS) is 35.5. The number of esters is 1. The Bertz CT molecular complexity index is 1040. The highest BCUT2D eigenvalue weighted by Crippen LogP contribution is 2.62. The van der Waals surface area contributed by atoms with E-state index in [0.29, 0.717) is 24.1 Å². The van der Waals surface area contributed by atoms with E-state index >= 15 is 0 Å². The summed E-state index contributed by atoms with van der Waals surface area (Å²) < 4.78 is 5.66. The minimum absolute atomic E-state index is 0.0118. The molecule has 2 unspecified atom stereocenters. The fourth-order valence-corrected chi connectivity index (χ4v) is 8.14. The molecular weight excluding hydrogens is 376 g/mol. The van der Waals surface area contributed by atoms with E-state index in [2.05, 4.69) is 9.97 Å². The van der Waals surface area contributed by atoms with Gasteiger partial charge in [0, 0.05) is 4.88 Å².